The van der Waals surface area contributed by atoms with Gasteiger partial charge in [0.05, 0.1) is 0 Å². The molecule has 1 atom stereocenters. The Bertz CT molecular complexity index is 147. The van der Waals surface area contributed by atoms with E-state index in [1.165, 1.54) is 5.32 Å². The molecule has 1 N–H and O–H groups in total. The first-order chi connectivity index (χ1) is 4.57. The Morgan fingerprint density at radius 3 is 2.40 bits per heavy atom. The maximum atomic E-state index is 11.9. The van der Waals surface area contributed by atoms with Crippen molar-refractivity contribution in [1.82, 2.24) is 5.32 Å². The SMILES string of the molecule is CC(F)C(=O)NC(=O)CF. The molecule has 10 heavy (non-hydrogen) atoms. The Balaban J connectivity index is 3.69. The number of imide groups is 1. The van der Waals surface area contributed by atoms with Gasteiger partial charge >= 0.3 is 0 Å². The highest BCUT2D eigenvalue weighted by molar-refractivity contribution is 5.97. The molecule has 5 heteroatoms. The molecule has 0 saturated carbocycles. The van der Waals surface area contributed by atoms with E-state index in [-0.39, 0.29) is 0 Å². The number of hydrogen-bond acceptors (Lipinski definition) is 2. The molecule has 0 heterocycles. The smallest absolute Gasteiger partial charge is 0.260 e. The minimum absolute atomic E-state index is 0.959. The third-order valence-corrected chi connectivity index (χ3v) is 0.745. The number of carbonyl (C=O) groups is 2. The van der Waals surface area contributed by atoms with Gasteiger partial charge in [0.15, 0.2) is 12.8 Å². The van der Waals surface area contributed by atoms with E-state index in [1.807, 2.05) is 0 Å². The molecular weight excluding hydrogens is 144 g/mol. The lowest BCUT2D eigenvalue weighted by Crippen LogP contribution is -2.36. The first-order valence-electron chi connectivity index (χ1n) is 2.61. The summed E-state index contributed by atoms with van der Waals surface area (Å²) < 4.78 is 23.2. The summed E-state index contributed by atoms with van der Waals surface area (Å²) >= 11 is 0. The molecule has 0 bridgehead atoms. The van der Waals surface area contributed by atoms with Crippen molar-refractivity contribution in [2.75, 3.05) is 6.67 Å². The van der Waals surface area contributed by atoms with E-state index in [2.05, 4.69) is 0 Å². The lowest BCUT2D eigenvalue weighted by atomic mass is 10.4. The maximum absolute atomic E-state index is 11.9. The minimum atomic E-state index is -1.78. The quantitative estimate of drug-likeness (QED) is 0.601. The molecule has 0 radical (unpaired) electrons. The lowest BCUT2D eigenvalue weighted by molar-refractivity contribution is -0.133. The fourth-order valence-corrected chi connectivity index (χ4v) is 0.270. The molecule has 2 amide bonds. The van der Waals surface area contributed by atoms with Crippen LogP contribution in [0.4, 0.5) is 8.78 Å². The Morgan fingerprint density at radius 1 is 1.60 bits per heavy atom. The van der Waals surface area contributed by atoms with Crippen molar-refractivity contribution >= 4 is 11.8 Å². The van der Waals surface area contributed by atoms with Gasteiger partial charge in [0.1, 0.15) is 0 Å². The van der Waals surface area contributed by atoms with Crippen molar-refractivity contribution in [3.63, 3.8) is 0 Å². The number of carbonyl (C=O) groups excluding carboxylic acids is 2. The largest absolute Gasteiger partial charge is 0.292 e. The van der Waals surface area contributed by atoms with Crippen LogP contribution in [0.15, 0.2) is 0 Å². The predicted octanol–water partition coefficient (Wildman–Crippen LogP) is -0.0433. The van der Waals surface area contributed by atoms with Crippen LogP contribution in [0.5, 0.6) is 0 Å². The van der Waals surface area contributed by atoms with Crippen LogP contribution in [-0.4, -0.2) is 24.7 Å². The Morgan fingerprint density at radius 2 is 2.10 bits per heavy atom. The van der Waals surface area contributed by atoms with Gasteiger partial charge in [0.25, 0.3) is 11.8 Å². The van der Waals surface area contributed by atoms with Crippen molar-refractivity contribution < 1.29 is 18.4 Å². The first kappa shape index (κ1) is 9.00. The zero-order chi connectivity index (χ0) is 8.15. The summed E-state index contributed by atoms with van der Waals surface area (Å²) in [5.74, 6) is -2.22. The van der Waals surface area contributed by atoms with Crippen LogP contribution in [0.25, 0.3) is 0 Å². The van der Waals surface area contributed by atoms with Gasteiger partial charge in [-0.2, -0.15) is 0 Å². The standard InChI is InChI=1S/C5H7F2NO2/c1-3(7)5(10)8-4(9)2-6/h3H,2H2,1H3,(H,8,9,10). The fraction of sp³-hybridized carbons (Fsp3) is 0.600. The van der Waals surface area contributed by atoms with Gasteiger partial charge in [0.2, 0.25) is 0 Å². The second kappa shape index (κ2) is 3.92. The Hall–Kier alpha value is -1.00. The number of nitrogens with one attached hydrogen (secondary N) is 1. The third kappa shape index (κ3) is 3.11. The van der Waals surface area contributed by atoms with E-state index >= 15 is 0 Å². The summed E-state index contributed by atoms with van der Waals surface area (Å²) in [6, 6.07) is 0. The first-order valence-corrected chi connectivity index (χ1v) is 2.61. The van der Waals surface area contributed by atoms with E-state index < -0.39 is 24.7 Å². The van der Waals surface area contributed by atoms with E-state index in [1.54, 1.807) is 0 Å². The topological polar surface area (TPSA) is 46.2 Å². The molecule has 58 valence electrons. The van der Waals surface area contributed by atoms with Crippen molar-refractivity contribution in [2.24, 2.45) is 0 Å². The number of amides is 2. The highest BCUT2D eigenvalue weighted by atomic mass is 19.1. The molecule has 0 aromatic rings. The molecule has 0 rings (SSSR count). The van der Waals surface area contributed by atoms with Crippen molar-refractivity contribution in [3.8, 4) is 0 Å². The predicted molar refractivity (Wildman–Crippen MR) is 29.7 cm³/mol. The second-order valence-electron chi connectivity index (χ2n) is 1.66. The monoisotopic (exact) mass is 151 g/mol. The normalized spacial score (nSPS) is 12.3. The summed E-state index contributed by atoms with van der Waals surface area (Å²) in [7, 11) is 0. The van der Waals surface area contributed by atoms with Crippen molar-refractivity contribution in [3.05, 3.63) is 0 Å². The molecule has 0 aromatic heterocycles. The van der Waals surface area contributed by atoms with Gasteiger partial charge in [-0.1, -0.05) is 0 Å². The summed E-state index contributed by atoms with van der Waals surface area (Å²) in [4.78, 5) is 20.3. The summed E-state index contributed by atoms with van der Waals surface area (Å²) in [6.45, 7) is -0.348. The Kier molecular flexibility index (Phi) is 3.53. The van der Waals surface area contributed by atoms with Crippen LogP contribution in [0, 0.1) is 0 Å². The summed E-state index contributed by atoms with van der Waals surface area (Å²) in [6.07, 6.45) is -1.78. The van der Waals surface area contributed by atoms with E-state index in [9.17, 15) is 18.4 Å². The highest BCUT2D eigenvalue weighted by Gasteiger charge is 2.13. The van der Waals surface area contributed by atoms with Crippen LogP contribution in [-0.2, 0) is 9.59 Å². The van der Waals surface area contributed by atoms with E-state index in [4.69, 9.17) is 0 Å². The number of rotatable bonds is 2. The van der Waals surface area contributed by atoms with Gasteiger partial charge in [0, 0.05) is 0 Å². The molecule has 0 aliphatic rings. The van der Waals surface area contributed by atoms with Crippen LogP contribution in [0.3, 0.4) is 0 Å². The highest BCUT2D eigenvalue weighted by Crippen LogP contribution is 1.86. The summed E-state index contributed by atoms with van der Waals surface area (Å²) in [5.41, 5.74) is 0. The molecule has 1 unspecified atom stereocenters. The molecule has 0 fully saturated rings. The van der Waals surface area contributed by atoms with Gasteiger partial charge in [-0.25, -0.2) is 8.78 Å². The zero-order valence-corrected chi connectivity index (χ0v) is 5.36. The lowest BCUT2D eigenvalue weighted by Gasteiger charge is -1.99. The third-order valence-electron chi connectivity index (χ3n) is 0.745. The van der Waals surface area contributed by atoms with Crippen molar-refractivity contribution in [2.45, 2.75) is 13.1 Å². The van der Waals surface area contributed by atoms with Gasteiger partial charge in [-0.3, -0.25) is 14.9 Å². The van der Waals surface area contributed by atoms with Crippen LogP contribution in [0.1, 0.15) is 6.92 Å². The average molecular weight is 151 g/mol. The molecule has 0 saturated heterocycles. The van der Waals surface area contributed by atoms with Gasteiger partial charge in [-0.15, -0.1) is 0 Å². The van der Waals surface area contributed by atoms with Crippen LogP contribution in [0.2, 0.25) is 0 Å². The molecule has 0 aromatic carbocycles. The second-order valence-corrected chi connectivity index (χ2v) is 1.66. The van der Waals surface area contributed by atoms with Crippen molar-refractivity contribution in [1.29, 1.82) is 0 Å². The molecular formula is C5H7F2NO2. The van der Waals surface area contributed by atoms with E-state index in [0.717, 1.165) is 6.92 Å². The van der Waals surface area contributed by atoms with E-state index in [0.29, 0.717) is 0 Å². The molecule has 0 aliphatic carbocycles. The molecule has 3 nitrogen and oxygen atoms in total. The fourth-order valence-electron chi connectivity index (χ4n) is 0.270. The summed E-state index contributed by atoms with van der Waals surface area (Å²) in [5, 5.41) is 1.50. The number of hydrogen-bond donors (Lipinski definition) is 1. The van der Waals surface area contributed by atoms with Crippen LogP contribution < -0.4 is 5.32 Å². The van der Waals surface area contributed by atoms with Gasteiger partial charge < -0.3 is 0 Å². The number of alkyl halides is 2. The Labute approximate surface area is 56.4 Å². The minimum Gasteiger partial charge on any atom is -0.292 e. The molecule has 0 spiro atoms. The maximum Gasteiger partial charge on any atom is 0.260 e. The van der Waals surface area contributed by atoms with Gasteiger partial charge in [-0.05, 0) is 6.92 Å². The van der Waals surface area contributed by atoms with Crippen LogP contribution >= 0.6 is 0 Å². The molecule has 0 aliphatic heterocycles. The average Bonchev–Trinajstić information content (AvgIpc) is 1.87. The zero-order valence-electron chi connectivity index (χ0n) is 5.36. The number of halogens is 2.